The van der Waals surface area contributed by atoms with Crippen molar-refractivity contribution in [1.29, 1.82) is 0 Å². The lowest BCUT2D eigenvalue weighted by Gasteiger charge is -2.09. The molecule has 8 heteroatoms. The summed E-state index contributed by atoms with van der Waals surface area (Å²) in [6, 6.07) is 17.1. The predicted molar refractivity (Wildman–Crippen MR) is 105 cm³/mol. The maximum absolute atomic E-state index is 12.2. The molecule has 2 aromatic carbocycles. The van der Waals surface area contributed by atoms with E-state index in [9.17, 15) is 9.59 Å². The third-order valence-corrected chi connectivity index (χ3v) is 3.68. The Labute approximate surface area is 160 Å². The molecule has 0 atom stereocenters. The zero-order valence-corrected chi connectivity index (χ0v) is 15.1. The zero-order valence-electron chi connectivity index (χ0n) is 14.4. The van der Waals surface area contributed by atoms with Gasteiger partial charge >= 0.3 is 0 Å². The van der Waals surface area contributed by atoms with Crippen molar-refractivity contribution in [2.75, 3.05) is 16.0 Å². The second kappa shape index (κ2) is 8.29. The van der Waals surface area contributed by atoms with Crippen molar-refractivity contribution in [3.8, 4) is 0 Å². The normalized spacial score (nSPS) is 10.1. The number of nitrogens with one attached hydrogen (secondary N) is 3. The molecule has 0 unspecified atom stereocenters. The summed E-state index contributed by atoms with van der Waals surface area (Å²) in [4.78, 5) is 23.3. The van der Waals surface area contributed by atoms with Gasteiger partial charge in [0.1, 0.15) is 0 Å². The van der Waals surface area contributed by atoms with E-state index in [0.717, 1.165) is 5.69 Å². The van der Waals surface area contributed by atoms with E-state index < -0.39 is 0 Å². The van der Waals surface area contributed by atoms with Gasteiger partial charge in [0.25, 0.3) is 5.91 Å². The number of carbonyl (C=O) groups excluding carboxylic acids is 2. The van der Waals surface area contributed by atoms with Crippen LogP contribution in [-0.4, -0.2) is 22.0 Å². The van der Waals surface area contributed by atoms with E-state index in [2.05, 4.69) is 26.1 Å². The quantitative estimate of drug-likeness (QED) is 0.618. The summed E-state index contributed by atoms with van der Waals surface area (Å²) < 4.78 is 0. The molecule has 0 bridgehead atoms. The highest BCUT2D eigenvalue weighted by atomic mass is 35.5. The molecule has 27 heavy (non-hydrogen) atoms. The fourth-order valence-corrected chi connectivity index (χ4v) is 2.50. The lowest BCUT2D eigenvalue weighted by Crippen LogP contribution is -2.13. The van der Waals surface area contributed by atoms with Crippen LogP contribution in [0.1, 0.15) is 17.3 Å². The third-order valence-electron chi connectivity index (χ3n) is 3.45. The number of amides is 2. The number of benzene rings is 2. The average Bonchev–Trinajstić information content (AvgIpc) is 2.63. The molecule has 7 nitrogen and oxygen atoms in total. The summed E-state index contributed by atoms with van der Waals surface area (Å²) in [5.74, 6) is 0.343. The summed E-state index contributed by atoms with van der Waals surface area (Å²) in [5.41, 5.74) is 1.85. The van der Waals surface area contributed by atoms with Crippen LogP contribution in [0, 0.1) is 0 Å². The molecule has 1 aromatic heterocycles. The Morgan fingerprint density at radius 3 is 2.26 bits per heavy atom. The molecule has 0 saturated carbocycles. The highest BCUT2D eigenvalue weighted by Gasteiger charge is 2.08. The predicted octanol–water partition coefficient (Wildman–Crippen LogP) is 4.08. The standard InChI is InChI=1S/C19H16ClN5O2/c1-12(26)21-15-6-3-7-16(11-15)22-17-8-9-18(25-24-17)23-19(27)13-4-2-5-14(20)10-13/h2-11H,1H3,(H,21,26)(H,22,24)(H,23,25,27). The van der Waals surface area contributed by atoms with E-state index in [-0.39, 0.29) is 11.8 Å². The van der Waals surface area contributed by atoms with Crippen LogP contribution in [-0.2, 0) is 4.79 Å². The number of hydrogen-bond acceptors (Lipinski definition) is 5. The van der Waals surface area contributed by atoms with Gasteiger partial charge < -0.3 is 16.0 Å². The Morgan fingerprint density at radius 2 is 1.56 bits per heavy atom. The first-order valence-electron chi connectivity index (χ1n) is 8.05. The molecule has 0 fully saturated rings. The summed E-state index contributed by atoms with van der Waals surface area (Å²) in [6.45, 7) is 1.45. The fraction of sp³-hybridized carbons (Fsp3) is 0.0526. The van der Waals surface area contributed by atoms with Crippen LogP contribution in [0.25, 0.3) is 0 Å². The van der Waals surface area contributed by atoms with Crippen molar-refractivity contribution < 1.29 is 9.59 Å². The molecule has 3 N–H and O–H groups in total. The smallest absolute Gasteiger partial charge is 0.256 e. The number of anilines is 4. The molecule has 0 radical (unpaired) electrons. The van der Waals surface area contributed by atoms with Gasteiger partial charge in [-0.2, -0.15) is 0 Å². The maximum Gasteiger partial charge on any atom is 0.256 e. The monoisotopic (exact) mass is 381 g/mol. The molecular formula is C19H16ClN5O2. The second-order valence-corrected chi connectivity index (χ2v) is 6.09. The molecule has 3 rings (SSSR count). The van der Waals surface area contributed by atoms with Gasteiger partial charge in [0.05, 0.1) is 0 Å². The Morgan fingerprint density at radius 1 is 0.852 bits per heavy atom. The van der Waals surface area contributed by atoms with Crippen molar-refractivity contribution in [3.05, 3.63) is 71.2 Å². The number of halogens is 1. The van der Waals surface area contributed by atoms with Crippen molar-refractivity contribution in [1.82, 2.24) is 10.2 Å². The zero-order chi connectivity index (χ0) is 19.2. The van der Waals surface area contributed by atoms with Crippen molar-refractivity contribution in [2.24, 2.45) is 0 Å². The molecule has 2 amide bonds. The third kappa shape index (κ3) is 5.26. The van der Waals surface area contributed by atoms with Crippen molar-refractivity contribution in [2.45, 2.75) is 6.92 Å². The van der Waals surface area contributed by atoms with Gasteiger partial charge in [-0.3, -0.25) is 9.59 Å². The maximum atomic E-state index is 12.2. The van der Waals surface area contributed by atoms with Gasteiger partial charge in [0.15, 0.2) is 11.6 Å². The second-order valence-electron chi connectivity index (χ2n) is 5.66. The van der Waals surface area contributed by atoms with Crippen LogP contribution >= 0.6 is 11.6 Å². The number of carbonyl (C=O) groups is 2. The number of rotatable bonds is 5. The molecule has 0 spiro atoms. The summed E-state index contributed by atoms with van der Waals surface area (Å²) >= 11 is 5.89. The van der Waals surface area contributed by atoms with Crippen LogP contribution in [0.4, 0.5) is 23.0 Å². The van der Waals surface area contributed by atoms with Gasteiger partial charge in [0, 0.05) is 28.9 Å². The fourth-order valence-electron chi connectivity index (χ4n) is 2.31. The first kappa shape index (κ1) is 18.3. The number of hydrogen-bond donors (Lipinski definition) is 3. The van der Waals surface area contributed by atoms with Gasteiger partial charge in [-0.1, -0.05) is 23.7 Å². The minimum absolute atomic E-state index is 0.147. The topological polar surface area (TPSA) is 96.0 Å². The minimum Gasteiger partial charge on any atom is -0.339 e. The van der Waals surface area contributed by atoms with E-state index in [1.807, 2.05) is 6.07 Å². The molecular weight excluding hydrogens is 366 g/mol. The molecule has 3 aromatic rings. The van der Waals surface area contributed by atoms with Crippen LogP contribution < -0.4 is 16.0 Å². The minimum atomic E-state index is -0.324. The first-order chi connectivity index (χ1) is 13.0. The molecule has 0 aliphatic carbocycles. The molecule has 1 heterocycles. The Bertz CT molecular complexity index is 976. The van der Waals surface area contributed by atoms with Crippen molar-refractivity contribution in [3.63, 3.8) is 0 Å². The van der Waals surface area contributed by atoms with Gasteiger partial charge in [-0.25, -0.2) is 0 Å². The van der Waals surface area contributed by atoms with E-state index in [1.165, 1.54) is 6.92 Å². The van der Waals surface area contributed by atoms with Crippen LogP contribution in [0.2, 0.25) is 5.02 Å². The Hall–Kier alpha value is -3.45. The van der Waals surface area contributed by atoms with Crippen LogP contribution in [0.3, 0.4) is 0 Å². The van der Waals surface area contributed by atoms with E-state index in [0.29, 0.717) is 27.9 Å². The van der Waals surface area contributed by atoms with Gasteiger partial charge in [-0.15, -0.1) is 10.2 Å². The molecule has 136 valence electrons. The van der Waals surface area contributed by atoms with Crippen LogP contribution in [0.5, 0.6) is 0 Å². The molecule has 0 aliphatic heterocycles. The highest BCUT2D eigenvalue weighted by molar-refractivity contribution is 6.31. The molecule has 0 aliphatic rings. The number of nitrogens with zero attached hydrogens (tertiary/aromatic N) is 2. The summed E-state index contributed by atoms with van der Waals surface area (Å²) in [5, 5.41) is 17.0. The van der Waals surface area contributed by atoms with E-state index in [1.54, 1.807) is 54.6 Å². The summed E-state index contributed by atoms with van der Waals surface area (Å²) in [6.07, 6.45) is 0. The van der Waals surface area contributed by atoms with Gasteiger partial charge in [0.2, 0.25) is 5.91 Å². The Kier molecular flexibility index (Phi) is 5.63. The molecule has 0 saturated heterocycles. The highest BCUT2D eigenvalue weighted by Crippen LogP contribution is 2.19. The average molecular weight is 382 g/mol. The lowest BCUT2D eigenvalue weighted by molar-refractivity contribution is -0.114. The number of aromatic nitrogens is 2. The van der Waals surface area contributed by atoms with Gasteiger partial charge in [-0.05, 0) is 48.5 Å². The van der Waals surface area contributed by atoms with Crippen LogP contribution in [0.15, 0.2) is 60.7 Å². The first-order valence-corrected chi connectivity index (χ1v) is 8.43. The Balaban J connectivity index is 1.65. The SMILES string of the molecule is CC(=O)Nc1cccc(Nc2ccc(NC(=O)c3cccc(Cl)c3)nn2)c1. The van der Waals surface area contributed by atoms with Crippen molar-refractivity contribution >= 4 is 46.4 Å². The largest absolute Gasteiger partial charge is 0.339 e. The summed E-state index contributed by atoms with van der Waals surface area (Å²) in [7, 11) is 0. The van der Waals surface area contributed by atoms with E-state index in [4.69, 9.17) is 11.6 Å². The van der Waals surface area contributed by atoms with E-state index >= 15 is 0 Å². The lowest BCUT2D eigenvalue weighted by atomic mass is 10.2.